The fraction of sp³-hybridized carbons (Fsp3) is 0.571. The summed E-state index contributed by atoms with van der Waals surface area (Å²) in [4.78, 5) is 0.418. The molecule has 3 nitrogen and oxygen atoms in total. The number of rotatable bonds is 3. The molecule has 0 atom stereocenters. The topological polar surface area (TPSA) is 54.4 Å². The first-order valence-corrected chi connectivity index (χ1v) is 7.76. The predicted molar refractivity (Wildman–Crippen MR) is 71.5 cm³/mol. The molecule has 1 fully saturated rings. The van der Waals surface area contributed by atoms with Crippen LogP contribution in [-0.2, 0) is 9.84 Å². The van der Waals surface area contributed by atoms with Crippen molar-refractivity contribution in [3.8, 4) is 0 Å². The minimum atomic E-state index is -3.44. The summed E-state index contributed by atoms with van der Waals surface area (Å²) >= 11 is 0. The van der Waals surface area contributed by atoms with Gasteiger partial charge in [0.2, 0.25) is 0 Å². The quantitative estimate of drug-likeness (QED) is 0.915. The van der Waals surface area contributed by atoms with Crippen molar-refractivity contribution in [2.24, 2.45) is 0 Å². The Kier molecular flexibility index (Phi) is 3.28. The molecule has 4 heteroatoms. The summed E-state index contributed by atoms with van der Waals surface area (Å²) in [5, 5.41) is 9.49. The van der Waals surface area contributed by atoms with Crippen molar-refractivity contribution in [3.63, 3.8) is 0 Å². The van der Waals surface area contributed by atoms with Crippen LogP contribution in [0.25, 0.3) is 0 Å². The van der Waals surface area contributed by atoms with Gasteiger partial charge in [-0.05, 0) is 44.7 Å². The Bertz CT molecular complexity index is 540. The monoisotopic (exact) mass is 268 g/mol. The summed E-state index contributed by atoms with van der Waals surface area (Å²) in [6.07, 6.45) is 2.01. The van der Waals surface area contributed by atoms with Crippen molar-refractivity contribution in [1.29, 1.82) is 0 Å². The van der Waals surface area contributed by atoms with Crippen molar-refractivity contribution in [3.05, 3.63) is 28.8 Å². The maximum atomic E-state index is 12.8. The molecule has 1 aliphatic carbocycles. The van der Waals surface area contributed by atoms with Crippen molar-refractivity contribution in [2.45, 2.75) is 49.7 Å². The molecule has 1 aliphatic rings. The van der Waals surface area contributed by atoms with Crippen LogP contribution in [0.4, 0.5) is 0 Å². The third-order valence-electron chi connectivity index (χ3n) is 4.00. The zero-order valence-electron chi connectivity index (χ0n) is 11.2. The normalized spacial score (nSPS) is 18.4. The molecule has 2 rings (SSSR count). The number of hydrogen-bond donors (Lipinski definition) is 1. The molecule has 0 bridgehead atoms. The van der Waals surface area contributed by atoms with E-state index >= 15 is 0 Å². The molecule has 0 aromatic heterocycles. The van der Waals surface area contributed by atoms with E-state index in [1.54, 1.807) is 0 Å². The fourth-order valence-electron chi connectivity index (χ4n) is 2.89. The highest BCUT2D eigenvalue weighted by Gasteiger charge is 2.49. The molecule has 0 heterocycles. The van der Waals surface area contributed by atoms with Gasteiger partial charge in [0, 0.05) is 0 Å². The molecular formula is C14H20O3S. The standard InChI is InChI=1S/C14H20O3S/c1-10-7-11(2)13(12(3)8-10)18(16,17)14(9-15)5-4-6-14/h7-8,15H,4-6,9H2,1-3H3. The summed E-state index contributed by atoms with van der Waals surface area (Å²) in [6, 6.07) is 3.78. The number of hydrogen-bond acceptors (Lipinski definition) is 3. The smallest absolute Gasteiger partial charge is 0.186 e. The second-order valence-corrected chi connectivity index (χ2v) is 7.71. The summed E-state index contributed by atoms with van der Waals surface area (Å²) in [5.74, 6) is 0. The van der Waals surface area contributed by atoms with Gasteiger partial charge >= 0.3 is 0 Å². The Morgan fingerprint density at radius 1 is 1.17 bits per heavy atom. The molecule has 18 heavy (non-hydrogen) atoms. The molecule has 0 saturated heterocycles. The van der Waals surface area contributed by atoms with Crippen LogP contribution in [-0.4, -0.2) is 24.9 Å². The minimum absolute atomic E-state index is 0.276. The largest absolute Gasteiger partial charge is 0.395 e. The molecule has 0 amide bonds. The van der Waals surface area contributed by atoms with Gasteiger partial charge in [-0.1, -0.05) is 24.1 Å². The highest BCUT2D eigenvalue weighted by Crippen LogP contribution is 2.44. The fourth-order valence-corrected chi connectivity index (χ4v) is 5.28. The first-order valence-electron chi connectivity index (χ1n) is 6.27. The molecular weight excluding hydrogens is 248 g/mol. The first kappa shape index (κ1) is 13.6. The van der Waals surface area contributed by atoms with Crippen LogP contribution in [0.1, 0.15) is 36.0 Å². The van der Waals surface area contributed by atoms with Gasteiger partial charge in [0.15, 0.2) is 9.84 Å². The van der Waals surface area contributed by atoms with Crippen LogP contribution in [0.15, 0.2) is 17.0 Å². The molecule has 1 saturated carbocycles. The molecule has 0 aliphatic heterocycles. The maximum absolute atomic E-state index is 12.8. The minimum Gasteiger partial charge on any atom is -0.395 e. The average Bonchev–Trinajstić information content (AvgIpc) is 2.12. The number of aliphatic hydroxyl groups excluding tert-OH is 1. The first-order chi connectivity index (χ1) is 8.34. The Hall–Kier alpha value is -0.870. The van der Waals surface area contributed by atoms with Crippen molar-refractivity contribution in [1.82, 2.24) is 0 Å². The van der Waals surface area contributed by atoms with Crippen molar-refractivity contribution < 1.29 is 13.5 Å². The van der Waals surface area contributed by atoms with E-state index in [0.717, 1.165) is 23.1 Å². The van der Waals surface area contributed by atoms with Gasteiger partial charge in [0.25, 0.3) is 0 Å². The number of aliphatic hydroxyl groups is 1. The van der Waals surface area contributed by atoms with Crippen LogP contribution in [0, 0.1) is 20.8 Å². The maximum Gasteiger partial charge on any atom is 0.186 e. The SMILES string of the molecule is Cc1cc(C)c(S(=O)(=O)C2(CO)CCC2)c(C)c1. The van der Waals surface area contributed by atoms with E-state index in [2.05, 4.69) is 0 Å². The molecule has 0 spiro atoms. The van der Waals surface area contributed by atoms with Gasteiger partial charge in [0.1, 0.15) is 0 Å². The molecule has 100 valence electrons. The van der Waals surface area contributed by atoms with Gasteiger partial charge in [-0.25, -0.2) is 8.42 Å². The predicted octanol–water partition coefficient (Wildman–Crippen LogP) is 2.30. The summed E-state index contributed by atoms with van der Waals surface area (Å²) in [6.45, 7) is 5.34. The summed E-state index contributed by atoms with van der Waals surface area (Å²) in [7, 11) is -3.44. The highest BCUT2D eigenvalue weighted by molar-refractivity contribution is 7.93. The molecule has 1 aromatic carbocycles. The van der Waals surface area contributed by atoms with Crippen LogP contribution in [0.2, 0.25) is 0 Å². The zero-order valence-corrected chi connectivity index (χ0v) is 12.0. The van der Waals surface area contributed by atoms with Crippen LogP contribution < -0.4 is 0 Å². The highest BCUT2D eigenvalue weighted by atomic mass is 32.2. The van der Waals surface area contributed by atoms with Gasteiger partial charge in [0.05, 0.1) is 16.2 Å². The van der Waals surface area contributed by atoms with E-state index in [1.807, 2.05) is 32.9 Å². The molecule has 0 unspecified atom stereocenters. The van der Waals surface area contributed by atoms with E-state index in [-0.39, 0.29) is 6.61 Å². The molecule has 0 radical (unpaired) electrons. The lowest BCUT2D eigenvalue weighted by atomic mass is 9.85. The Balaban J connectivity index is 2.62. The lowest BCUT2D eigenvalue weighted by Gasteiger charge is -2.40. The van der Waals surface area contributed by atoms with Gasteiger partial charge in [-0.3, -0.25) is 0 Å². The number of sulfone groups is 1. The Morgan fingerprint density at radius 2 is 1.67 bits per heavy atom. The zero-order chi connectivity index (χ0) is 13.6. The third-order valence-corrected chi connectivity index (χ3v) is 6.86. The Morgan fingerprint density at radius 3 is 2.00 bits per heavy atom. The lowest BCUT2D eigenvalue weighted by Crippen LogP contribution is -2.48. The molecule has 1 N–H and O–H groups in total. The second-order valence-electron chi connectivity index (χ2n) is 5.43. The summed E-state index contributed by atoms with van der Waals surface area (Å²) in [5.41, 5.74) is 2.63. The van der Waals surface area contributed by atoms with Gasteiger partial charge < -0.3 is 5.11 Å². The van der Waals surface area contributed by atoms with Crippen LogP contribution in [0.3, 0.4) is 0 Å². The van der Waals surface area contributed by atoms with E-state index < -0.39 is 14.6 Å². The van der Waals surface area contributed by atoms with Crippen LogP contribution >= 0.6 is 0 Å². The van der Waals surface area contributed by atoms with Gasteiger partial charge in [-0.2, -0.15) is 0 Å². The van der Waals surface area contributed by atoms with Crippen LogP contribution in [0.5, 0.6) is 0 Å². The Labute approximate surface area is 109 Å². The second kappa shape index (κ2) is 4.35. The third kappa shape index (κ3) is 1.79. The van der Waals surface area contributed by atoms with E-state index in [4.69, 9.17) is 0 Å². The van der Waals surface area contributed by atoms with E-state index in [1.165, 1.54) is 0 Å². The summed E-state index contributed by atoms with van der Waals surface area (Å²) < 4.78 is 24.6. The molecule has 1 aromatic rings. The average molecular weight is 268 g/mol. The number of benzene rings is 1. The number of aryl methyl sites for hydroxylation is 3. The van der Waals surface area contributed by atoms with Gasteiger partial charge in [-0.15, -0.1) is 0 Å². The van der Waals surface area contributed by atoms with E-state index in [9.17, 15) is 13.5 Å². The lowest BCUT2D eigenvalue weighted by molar-refractivity contribution is 0.181. The van der Waals surface area contributed by atoms with E-state index in [0.29, 0.717) is 17.7 Å². The van der Waals surface area contributed by atoms with Crippen molar-refractivity contribution in [2.75, 3.05) is 6.61 Å². The van der Waals surface area contributed by atoms with Crippen molar-refractivity contribution >= 4 is 9.84 Å².